The molecule has 0 unspecified atom stereocenters. The highest BCUT2D eigenvalue weighted by Crippen LogP contribution is 2.44. The normalized spacial score (nSPS) is 11.5. The Morgan fingerprint density at radius 2 is 0.772 bits per heavy atom. The Labute approximate surface area is 328 Å². The highest BCUT2D eigenvalue weighted by Gasteiger charge is 2.22. The summed E-state index contributed by atoms with van der Waals surface area (Å²) >= 11 is 0. The van der Waals surface area contributed by atoms with Gasteiger partial charge in [-0.2, -0.15) is 0 Å². The van der Waals surface area contributed by atoms with E-state index < -0.39 is 0 Å². The van der Waals surface area contributed by atoms with E-state index in [1.807, 2.05) is 48.5 Å². The minimum atomic E-state index is 0.563. The van der Waals surface area contributed by atoms with Crippen LogP contribution in [0.25, 0.3) is 111 Å². The number of pyridine rings is 1. The maximum Gasteiger partial charge on any atom is 0.164 e. The fraction of sp³-hybridized carbons (Fsp3) is 0. The van der Waals surface area contributed by atoms with Crippen LogP contribution in [0.15, 0.2) is 199 Å². The van der Waals surface area contributed by atoms with Gasteiger partial charge in [-0.15, -0.1) is 0 Å². The molecule has 11 aromatic rings. The summed E-state index contributed by atoms with van der Waals surface area (Å²) in [5.41, 5.74) is 11.3. The van der Waals surface area contributed by atoms with Crippen molar-refractivity contribution in [2.45, 2.75) is 0 Å². The standard InChI is InChI=1S/C52H32N4O/c1-4-15-33(16-5-1)34-27-29-37(30-28-34)51-54-50(36-19-8-3-9-20-36)55-52(56-51)38-31-44-43-25-14-24-39(35-17-6-2-7-18-35)48(43)57-49(44)45(32-38)47-42-23-11-10-21-40(42)41-22-12-13-26-46(41)53-47/h1-32H. The zero-order valence-electron chi connectivity index (χ0n) is 30.7. The van der Waals surface area contributed by atoms with Crippen molar-refractivity contribution in [1.29, 1.82) is 0 Å². The molecule has 57 heavy (non-hydrogen) atoms. The Morgan fingerprint density at radius 1 is 0.281 bits per heavy atom. The molecule has 0 atom stereocenters. The zero-order valence-corrected chi connectivity index (χ0v) is 30.7. The van der Waals surface area contributed by atoms with E-state index in [4.69, 9.17) is 24.4 Å². The molecule has 0 spiro atoms. The van der Waals surface area contributed by atoms with Gasteiger partial charge in [0.25, 0.3) is 0 Å². The second kappa shape index (κ2) is 13.5. The monoisotopic (exact) mass is 728 g/mol. The third-order valence-electron chi connectivity index (χ3n) is 10.7. The molecule has 3 aromatic heterocycles. The predicted octanol–water partition coefficient (Wildman–Crippen LogP) is 13.5. The molecule has 0 aliphatic rings. The molecule has 5 heteroatoms. The lowest BCUT2D eigenvalue weighted by atomic mass is 9.96. The summed E-state index contributed by atoms with van der Waals surface area (Å²) in [5.74, 6) is 1.76. The summed E-state index contributed by atoms with van der Waals surface area (Å²) in [6.45, 7) is 0. The lowest BCUT2D eigenvalue weighted by Crippen LogP contribution is -2.00. The van der Waals surface area contributed by atoms with E-state index in [-0.39, 0.29) is 0 Å². The Balaban J connectivity index is 1.19. The number of nitrogens with zero attached hydrogens (tertiary/aromatic N) is 4. The summed E-state index contributed by atoms with van der Waals surface area (Å²) in [7, 11) is 0. The molecular weight excluding hydrogens is 697 g/mol. The van der Waals surface area contributed by atoms with Crippen molar-refractivity contribution >= 4 is 43.6 Å². The van der Waals surface area contributed by atoms with Crippen molar-refractivity contribution in [3.63, 3.8) is 0 Å². The molecule has 0 fully saturated rings. The Morgan fingerprint density at radius 3 is 1.47 bits per heavy atom. The Kier molecular flexibility index (Phi) is 7.74. The van der Waals surface area contributed by atoms with Crippen molar-refractivity contribution in [2.75, 3.05) is 0 Å². The van der Waals surface area contributed by atoms with Crippen molar-refractivity contribution in [3.05, 3.63) is 194 Å². The molecule has 0 saturated carbocycles. The Hall–Kier alpha value is -7.76. The predicted molar refractivity (Wildman–Crippen MR) is 233 cm³/mol. The molecule has 5 nitrogen and oxygen atoms in total. The van der Waals surface area contributed by atoms with Gasteiger partial charge in [0.1, 0.15) is 11.2 Å². The molecule has 0 radical (unpaired) electrons. The van der Waals surface area contributed by atoms with Crippen molar-refractivity contribution in [3.8, 4) is 67.7 Å². The van der Waals surface area contributed by atoms with Gasteiger partial charge in [0.05, 0.1) is 11.2 Å². The number of hydrogen-bond acceptors (Lipinski definition) is 5. The third kappa shape index (κ3) is 5.72. The number of hydrogen-bond donors (Lipinski definition) is 0. The number of furan rings is 1. The molecule has 0 amide bonds. The average molecular weight is 729 g/mol. The van der Waals surface area contributed by atoms with Crippen LogP contribution in [0.2, 0.25) is 0 Å². The first-order valence-electron chi connectivity index (χ1n) is 19.1. The molecule has 0 saturated heterocycles. The van der Waals surface area contributed by atoms with E-state index in [0.717, 1.165) is 93.8 Å². The molecule has 0 N–H and O–H groups in total. The highest BCUT2D eigenvalue weighted by atomic mass is 16.3. The van der Waals surface area contributed by atoms with E-state index in [1.165, 1.54) is 0 Å². The molecule has 11 rings (SSSR count). The van der Waals surface area contributed by atoms with Crippen LogP contribution in [-0.4, -0.2) is 19.9 Å². The van der Waals surface area contributed by atoms with Crippen LogP contribution >= 0.6 is 0 Å². The summed E-state index contributed by atoms with van der Waals surface area (Å²) in [6, 6.07) is 66.8. The summed E-state index contributed by atoms with van der Waals surface area (Å²) in [6.07, 6.45) is 0. The van der Waals surface area contributed by atoms with Gasteiger partial charge in [-0.05, 0) is 40.3 Å². The number of fused-ring (bicyclic) bond motifs is 6. The van der Waals surface area contributed by atoms with E-state index in [2.05, 4.69) is 146 Å². The first-order valence-corrected chi connectivity index (χ1v) is 19.1. The Bertz CT molecular complexity index is 3270. The van der Waals surface area contributed by atoms with Crippen molar-refractivity contribution in [2.24, 2.45) is 0 Å². The smallest absolute Gasteiger partial charge is 0.164 e. The minimum Gasteiger partial charge on any atom is -0.455 e. The number of rotatable bonds is 6. The molecule has 0 aliphatic heterocycles. The van der Waals surface area contributed by atoms with E-state index in [1.54, 1.807) is 0 Å². The van der Waals surface area contributed by atoms with Gasteiger partial charge in [-0.3, -0.25) is 0 Å². The number of aromatic nitrogens is 4. The SMILES string of the molecule is c1ccc(-c2ccc(-c3nc(-c4ccccc4)nc(-c4cc(-c5nc6ccccc6c6ccccc56)c5oc6c(-c7ccccc7)cccc6c5c4)n3)cc2)cc1. The average Bonchev–Trinajstić information content (AvgIpc) is 3.68. The fourth-order valence-electron chi connectivity index (χ4n) is 7.95. The van der Waals surface area contributed by atoms with Gasteiger partial charge in [0.15, 0.2) is 17.5 Å². The molecule has 266 valence electrons. The van der Waals surface area contributed by atoms with Gasteiger partial charge < -0.3 is 4.42 Å². The van der Waals surface area contributed by atoms with Crippen LogP contribution in [0.1, 0.15) is 0 Å². The largest absolute Gasteiger partial charge is 0.455 e. The summed E-state index contributed by atoms with van der Waals surface area (Å²) < 4.78 is 7.02. The lowest BCUT2D eigenvalue weighted by molar-refractivity contribution is 0.671. The van der Waals surface area contributed by atoms with Crippen LogP contribution < -0.4 is 0 Å². The van der Waals surface area contributed by atoms with Crippen LogP contribution in [-0.2, 0) is 0 Å². The first kappa shape index (κ1) is 32.7. The van der Waals surface area contributed by atoms with Crippen molar-refractivity contribution < 1.29 is 4.42 Å². The van der Waals surface area contributed by atoms with Crippen LogP contribution in [0, 0.1) is 0 Å². The first-order chi connectivity index (χ1) is 28.2. The molecule has 0 bridgehead atoms. The van der Waals surface area contributed by atoms with Crippen LogP contribution in [0.3, 0.4) is 0 Å². The van der Waals surface area contributed by atoms with Crippen LogP contribution in [0.4, 0.5) is 0 Å². The number of para-hydroxylation sites is 2. The molecular formula is C52H32N4O. The van der Waals surface area contributed by atoms with Gasteiger partial charge in [0.2, 0.25) is 0 Å². The van der Waals surface area contributed by atoms with E-state index in [0.29, 0.717) is 17.5 Å². The second-order valence-electron chi connectivity index (χ2n) is 14.2. The molecule has 0 aliphatic carbocycles. The fourth-order valence-corrected chi connectivity index (χ4v) is 7.95. The number of benzene rings is 8. The van der Waals surface area contributed by atoms with Gasteiger partial charge in [-0.25, -0.2) is 19.9 Å². The quantitative estimate of drug-likeness (QED) is 0.160. The van der Waals surface area contributed by atoms with Crippen LogP contribution in [0.5, 0.6) is 0 Å². The van der Waals surface area contributed by atoms with Gasteiger partial charge in [-0.1, -0.05) is 176 Å². The molecule has 3 heterocycles. The highest BCUT2D eigenvalue weighted by molar-refractivity contribution is 6.18. The topological polar surface area (TPSA) is 64.7 Å². The van der Waals surface area contributed by atoms with E-state index >= 15 is 0 Å². The van der Waals surface area contributed by atoms with E-state index in [9.17, 15) is 0 Å². The van der Waals surface area contributed by atoms with Gasteiger partial charge in [0, 0.05) is 49.4 Å². The minimum absolute atomic E-state index is 0.563. The third-order valence-corrected chi connectivity index (χ3v) is 10.7. The maximum absolute atomic E-state index is 7.02. The zero-order chi connectivity index (χ0) is 37.7. The lowest BCUT2D eigenvalue weighted by Gasteiger charge is -2.13. The molecule has 8 aromatic carbocycles. The second-order valence-corrected chi connectivity index (χ2v) is 14.2. The van der Waals surface area contributed by atoms with Crippen molar-refractivity contribution in [1.82, 2.24) is 19.9 Å². The maximum atomic E-state index is 7.02. The summed E-state index contributed by atoms with van der Waals surface area (Å²) in [4.78, 5) is 20.8. The summed E-state index contributed by atoms with van der Waals surface area (Å²) in [5, 5.41) is 5.25. The van der Waals surface area contributed by atoms with Gasteiger partial charge >= 0.3 is 0 Å².